The van der Waals surface area contributed by atoms with Gasteiger partial charge in [-0.15, -0.1) is 0 Å². The predicted molar refractivity (Wildman–Crippen MR) is 106 cm³/mol. The lowest BCUT2D eigenvalue weighted by atomic mass is 9.49. The fourth-order valence-electron chi connectivity index (χ4n) is 6.81. The van der Waals surface area contributed by atoms with E-state index in [-0.39, 0.29) is 5.41 Å². The Hall–Kier alpha value is -1.78. The molecule has 2 saturated carbocycles. The highest BCUT2D eigenvalue weighted by Crippen LogP contribution is 2.64. The maximum Gasteiger partial charge on any atom is 0.0991 e. The first-order valence-electron chi connectivity index (χ1n) is 9.89. The Morgan fingerprint density at radius 1 is 0.962 bits per heavy atom. The van der Waals surface area contributed by atoms with Gasteiger partial charge < -0.3 is 0 Å². The number of nitriles is 1. The number of benzene rings is 2. The number of fused-ring (bicyclic) bond motifs is 8. The molecule has 5 atom stereocenters. The van der Waals surface area contributed by atoms with E-state index in [9.17, 15) is 5.26 Å². The molecule has 0 amide bonds. The Balaban J connectivity index is 1.82. The third-order valence-electron chi connectivity index (χ3n) is 7.46. The van der Waals surface area contributed by atoms with Gasteiger partial charge in [-0.1, -0.05) is 37.6 Å². The highest BCUT2D eigenvalue weighted by Gasteiger charge is 2.56. The summed E-state index contributed by atoms with van der Waals surface area (Å²) in [6, 6.07) is 15.1. The first kappa shape index (κ1) is 16.4. The Morgan fingerprint density at radius 3 is 2.62 bits per heavy atom. The van der Waals surface area contributed by atoms with Gasteiger partial charge in [-0.2, -0.15) is 5.26 Å². The van der Waals surface area contributed by atoms with E-state index in [1.54, 1.807) is 0 Å². The van der Waals surface area contributed by atoms with Crippen molar-refractivity contribution >= 4 is 11.6 Å². The SMILES string of the molecule is CC1CC2CC(C)C3(c4ccc(Cl)cc4-c4ccc(C#N)cc43)C(C1)C2. The second-order valence-electron chi connectivity index (χ2n) is 8.94. The van der Waals surface area contributed by atoms with Crippen LogP contribution in [0.4, 0.5) is 0 Å². The van der Waals surface area contributed by atoms with E-state index >= 15 is 0 Å². The van der Waals surface area contributed by atoms with Gasteiger partial charge in [-0.3, -0.25) is 0 Å². The molecule has 0 heterocycles. The van der Waals surface area contributed by atoms with Crippen LogP contribution in [0.1, 0.15) is 56.2 Å². The lowest BCUT2D eigenvalue weighted by Gasteiger charge is -2.54. The Morgan fingerprint density at radius 2 is 1.81 bits per heavy atom. The van der Waals surface area contributed by atoms with Crippen molar-refractivity contribution in [2.45, 2.75) is 44.9 Å². The zero-order valence-electron chi connectivity index (χ0n) is 15.4. The van der Waals surface area contributed by atoms with Gasteiger partial charge in [0.25, 0.3) is 0 Å². The van der Waals surface area contributed by atoms with E-state index in [0.29, 0.717) is 11.8 Å². The first-order chi connectivity index (χ1) is 12.5. The van der Waals surface area contributed by atoms with Crippen molar-refractivity contribution in [2.75, 3.05) is 0 Å². The van der Waals surface area contributed by atoms with Crippen LogP contribution in [-0.2, 0) is 5.41 Å². The third-order valence-corrected chi connectivity index (χ3v) is 7.70. The van der Waals surface area contributed by atoms with E-state index in [0.717, 1.165) is 22.4 Å². The van der Waals surface area contributed by atoms with E-state index in [4.69, 9.17) is 11.6 Å². The summed E-state index contributed by atoms with van der Waals surface area (Å²) in [7, 11) is 0. The molecule has 0 aromatic heterocycles. The highest BCUT2D eigenvalue weighted by atomic mass is 35.5. The monoisotopic (exact) mass is 361 g/mol. The van der Waals surface area contributed by atoms with Gasteiger partial charge in [0.2, 0.25) is 0 Å². The lowest BCUT2D eigenvalue weighted by molar-refractivity contribution is 0.0426. The van der Waals surface area contributed by atoms with Gasteiger partial charge in [0.15, 0.2) is 0 Å². The molecule has 3 aliphatic rings. The minimum Gasteiger partial charge on any atom is -0.192 e. The van der Waals surface area contributed by atoms with Crippen molar-refractivity contribution in [1.82, 2.24) is 0 Å². The van der Waals surface area contributed by atoms with Gasteiger partial charge in [-0.25, -0.2) is 0 Å². The minimum atomic E-state index is 0.0489. The molecule has 5 unspecified atom stereocenters. The largest absolute Gasteiger partial charge is 0.192 e. The summed E-state index contributed by atoms with van der Waals surface area (Å²) in [5.74, 6) is 2.91. The van der Waals surface area contributed by atoms with Crippen molar-refractivity contribution in [2.24, 2.45) is 23.7 Å². The van der Waals surface area contributed by atoms with Crippen molar-refractivity contribution in [1.29, 1.82) is 5.26 Å². The topological polar surface area (TPSA) is 23.8 Å². The number of hydrogen-bond donors (Lipinski definition) is 0. The molecule has 5 rings (SSSR count). The molecule has 132 valence electrons. The summed E-state index contributed by atoms with van der Waals surface area (Å²) in [6.07, 6.45) is 5.29. The maximum atomic E-state index is 9.53. The summed E-state index contributed by atoms with van der Waals surface area (Å²) in [5.41, 5.74) is 6.26. The number of halogens is 1. The molecule has 1 spiro atoms. The molecule has 2 heteroatoms. The molecule has 2 aromatic rings. The molecule has 2 bridgehead atoms. The van der Waals surface area contributed by atoms with Gasteiger partial charge in [0.05, 0.1) is 11.6 Å². The van der Waals surface area contributed by atoms with Crippen LogP contribution in [0.2, 0.25) is 5.02 Å². The summed E-state index contributed by atoms with van der Waals surface area (Å²) >= 11 is 6.39. The fourth-order valence-corrected chi connectivity index (χ4v) is 6.98. The second kappa shape index (κ2) is 5.61. The van der Waals surface area contributed by atoms with E-state index in [2.05, 4.69) is 50.2 Å². The normalized spacial score (nSPS) is 34.2. The number of nitrogens with zero attached hydrogens (tertiary/aromatic N) is 1. The van der Waals surface area contributed by atoms with Gasteiger partial charge in [-0.05, 0) is 95.9 Å². The van der Waals surface area contributed by atoms with E-state index in [1.165, 1.54) is 47.9 Å². The van der Waals surface area contributed by atoms with Crippen LogP contribution in [-0.4, -0.2) is 0 Å². The number of rotatable bonds is 0. The van der Waals surface area contributed by atoms with Crippen molar-refractivity contribution in [3.8, 4) is 17.2 Å². The molecule has 2 aromatic carbocycles. The molecular weight excluding hydrogens is 338 g/mol. The molecular formula is C24H24ClN. The van der Waals surface area contributed by atoms with Crippen LogP contribution < -0.4 is 0 Å². The molecule has 0 radical (unpaired) electrons. The molecule has 26 heavy (non-hydrogen) atoms. The zero-order chi connectivity index (χ0) is 18.1. The summed E-state index contributed by atoms with van der Waals surface area (Å²) in [5, 5.41) is 10.3. The molecule has 0 aliphatic heterocycles. The molecule has 2 fully saturated rings. The average molecular weight is 362 g/mol. The van der Waals surface area contributed by atoms with Crippen LogP contribution in [0, 0.1) is 35.0 Å². The molecule has 3 aliphatic carbocycles. The van der Waals surface area contributed by atoms with Gasteiger partial charge >= 0.3 is 0 Å². The van der Waals surface area contributed by atoms with Gasteiger partial charge in [0.1, 0.15) is 0 Å². The summed E-state index contributed by atoms with van der Waals surface area (Å²) < 4.78 is 0. The van der Waals surface area contributed by atoms with Crippen LogP contribution in [0.3, 0.4) is 0 Å². The standard InChI is InChI=1S/C24H24ClN/c1-14-7-17-9-15(2)24(18(8-14)10-17)22-6-4-19(25)12-21(22)20-5-3-16(13-26)11-23(20)24/h3-6,11-12,14-15,17-18H,7-10H2,1-2H3. The number of hydrogen-bond acceptors (Lipinski definition) is 1. The van der Waals surface area contributed by atoms with Crippen LogP contribution in [0.5, 0.6) is 0 Å². The molecule has 1 nitrogen and oxygen atoms in total. The highest BCUT2D eigenvalue weighted by molar-refractivity contribution is 6.31. The Labute approximate surface area is 161 Å². The van der Waals surface area contributed by atoms with Crippen LogP contribution >= 0.6 is 11.6 Å². The molecule has 0 N–H and O–H groups in total. The Bertz CT molecular complexity index is 936. The van der Waals surface area contributed by atoms with E-state index < -0.39 is 0 Å². The quantitative estimate of drug-likeness (QED) is 0.520. The fraction of sp³-hybridized carbons (Fsp3) is 0.458. The van der Waals surface area contributed by atoms with E-state index in [1.807, 2.05) is 6.07 Å². The average Bonchev–Trinajstić information content (AvgIpc) is 2.89. The summed E-state index contributed by atoms with van der Waals surface area (Å²) in [4.78, 5) is 0. The summed E-state index contributed by atoms with van der Waals surface area (Å²) in [6.45, 7) is 4.87. The second-order valence-corrected chi connectivity index (χ2v) is 9.38. The predicted octanol–water partition coefficient (Wildman–Crippen LogP) is 6.57. The van der Waals surface area contributed by atoms with Gasteiger partial charge in [0, 0.05) is 10.4 Å². The van der Waals surface area contributed by atoms with Crippen LogP contribution in [0.25, 0.3) is 11.1 Å². The Kier molecular flexibility index (Phi) is 3.54. The molecule has 0 saturated heterocycles. The van der Waals surface area contributed by atoms with Crippen LogP contribution in [0.15, 0.2) is 36.4 Å². The van der Waals surface area contributed by atoms with Crippen molar-refractivity contribution < 1.29 is 0 Å². The first-order valence-corrected chi connectivity index (χ1v) is 10.3. The smallest absolute Gasteiger partial charge is 0.0991 e. The van der Waals surface area contributed by atoms with Crippen molar-refractivity contribution in [3.05, 3.63) is 58.1 Å². The third kappa shape index (κ3) is 2.03. The minimum absolute atomic E-state index is 0.0489. The zero-order valence-corrected chi connectivity index (χ0v) is 16.2. The lowest BCUT2D eigenvalue weighted by Crippen LogP contribution is -2.49. The van der Waals surface area contributed by atoms with Crippen molar-refractivity contribution in [3.63, 3.8) is 0 Å². The maximum absolute atomic E-state index is 9.53.